The molecule has 0 aromatic heterocycles. The van der Waals surface area contributed by atoms with Crippen LogP contribution in [0.25, 0.3) is 0 Å². The van der Waals surface area contributed by atoms with Crippen molar-refractivity contribution in [1.29, 1.82) is 0 Å². The number of carbonyl (C=O) groups is 2. The first-order chi connectivity index (χ1) is 16.4. The molecule has 0 fully saturated rings. The van der Waals surface area contributed by atoms with Crippen molar-refractivity contribution in [1.82, 2.24) is 21.3 Å². The maximum absolute atomic E-state index is 12.7. The Bertz CT molecular complexity index is 761. The predicted molar refractivity (Wildman–Crippen MR) is 132 cm³/mol. The molecule has 0 saturated heterocycles. The Kier molecular flexibility index (Phi) is 15.2. The monoisotopic (exact) mass is 480 g/mol. The van der Waals surface area contributed by atoms with E-state index in [-0.39, 0.29) is 24.7 Å². The van der Waals surface area contributed by atoms with E-state index >= 15 is 0 Å². The molecule has 0 unspecified atom stereocenters. The molecule has 0 aliphatic carbocycles. The summed E-state index contributed by atoms with van der Waals surface area (Å²) in [5.74, 6) is -1.04. The molecule has 0 spiro atoms. The highest BCUT2D eigenvalue weighted by atomic mass is 16.6. The molecule has 0 aliphatic heterocycles. The quantitative estimate of drug-likeness (QED) is 0.0964. The van der Waals surface area contributed by atoms with Crippen molar-refractivity contribution >= 4 is 17.5 Å². The molecule has 1 aromatic carbocycles. The van der Waals surface area contributed by atoms with E-state index in [4.69, 9.17) is 5.73 Å². The number of carbonyl (C=O) groups excluding carboxylic acids is 2. The zero-order valence-corrected chi connectivity index (χ0v) is 20.1. The second-order valence-corrected chi connectivity index (χ2v) is 8.15. The molecule has 0 saturated carbocycles. The number of nitrogens with zero attached hydrogens (tertiary/aromatic N) is 1. The van der Waals surface area contributed by atoms with Crippen LogP contribution in [-0.4, -0.2) is 67.2 Å². The summed E-state index contributed by atoms with van der Waals surface area (Å²) in [6.07, 6.45) is 4.88. The van der Waals surface area contributed by atoms with Gasteiger partial charge >= 0.3 is 5.69 Å². The van der Waals surface area contributed by atoms with Crippen molar-refractivity contribution in [2.75, 3.05) is 39.3 Å². The smallest absolute Gasteiger partial charge is 0.310 e. The van der Waals surface area contributed by atoms with Crippen molar-refractivity contribution in [2.24, 2.45) is 5.73 Å². The highest BCUT2D eigenvalue weighted by Crippen LogP contribution is 2.26. The first-order valence-electron chi connectivity index (χ1n) is 12.0. The van der Waals surface area contributed by atoms with Crippen LogP contribution in [0.2, 0.25) is 0 Å². The number of nitro benzene ring substituents is 1. The number of phenolic OH excluding ortho intramolecular Hbond substituents is 1. The lowest BCUT2D eigenvalue weighted by Gasteiger charge is -2.19. The van der Waals surface area contributed by atoms with Crippen molar-refractivity contribution < 1.29 is 19.6 Å². The van der Waals surface area contributed by atoms with E-state index in [2.05, 4.69) is 21.3 Å². The maximum Gasteiger partial charge on any atom is 0.310 e. The van der Waals surface area contributed by atoms with Crippen LogP contribution in [0, 0.1) is 10.1 Å². The minimum Gasteiger partial charge on any atom is -0.502 e. The van der Waals surface area contributed by atoms with Gasteiger partial charge in [0, 0.05) is 25.5 Å². The molecule has 0 heterocycles. The van der Waals surface area contributed by atoms with Gasteiger partial charge in [0.2, 0.25) is 11.8 Å². The standard InChI is InChI=1S/C23H40N6O5/c1-2-7-22(31)28-19(16-18-8-9-21(30)20(17-18)29(33)34)23(32)27-15-6-14-26-12-4-3-11-25-13-5-10-24/h8-9,17,19,25-26,30H,2-7,10-16,24H2,1H3,(H,27,32)(H,28,31)/t19-/m0/s1. The van der Waals surface area contributed by atoms with Gasteiger partial charge in [-0.25, -0.2) is 0 Å². The van der Waals surface area contributed by atoms with Gasteiger partial charge in [-0.15, -0.1) is 0 Å². The lowest BCUT2D eigenvalue weighted by Crippen LogP contribution is -2.48. The Morgan fingerprint density at radius 3 is 2.32 bits per heavy atom. The molecule has 2 amide bonds. The number of benzene rings is 1. The minimum absolute atomic E-state index is 0.0833. The van der Waals surface area contributed by atoms with Crippen LogP contribution in [0.5, 0.6) is 5.75 Å². The van der Waals surface area contributed by atoms with E-state index in [1.165, 1.54) is 18.2 Å². The van der Waals surface area contributed by atoms with E-state index in [0.29, 0.717) is 25.1 Å². The first-order valence-corrected chi connectivity index (χ1v) is 12.0. The maximum atomic E-state index is 12.7. The van der Waals surface area contributed by atoms with Crippen LogP contribution >= 0.6 is 0 Å². The molecule has 1 aromatic rings. The first kappa shape index (κ1) is 29.3. The molecule has 1 atom stereocenters. The summed E-state index contributed by atoms with van der Waals surface area (Å²) < 4.78 is 0. The fourth-order valence-electron chi connectivity index (χ4n) is 3.31. The summed E-state index contributed by atoms with van der Waals surface area (Å²) in [6, 6.07) is 3.09. The number of phenols is 1. The Hall–Kier alpha value is -2.76. The Labute approximate surface area is 201 Å². The molecule has 0 bridgehead atoms. The summed E-state index contributed by atoms with van der Waals surface area (Å²) >= 11 is 0. The Morgan fingerprint density at radius 1 is 1.06 bits per heavy atom. The van der Waals surface area contributed by atoms with Crippen molar-refractivity contribution in [3.05, 3.63) is 33.9 Å². The summed E-state index contributed by atoms with van der Waals surface area (Å²) in [7, 11) is 0. The van der Waals surface area contributed by atoms with Crippen LogP contribution in [0.15, 0.2) is 18.2 Å². The molecule has 7 N–H and O–H groups in total. The van der Waals surface area contributed by atoms with Gasteiger partial charge in [0.1, 0.15) is 6.04 Å². The van der Waals surface area contributed by atoms with Gasteiger partial charge in [-0.1, -0.05) is 13.0 Å². The van der Waals surface area contributed by atoms with Crippen LogP contribution in [0.3, 0.4) is 0 Å². The normalized spacial score (nSPS) is 11.7. The summed E-state index contributed by atoms with van der Waals surface area (Å²) in [6.45, 7) is 6.61. The number of nitrogens with one attached hydrogen (secondary N) is 4. The van der Waals surface area contributed by atoms with Gasteiger partial charge in [0.25, 0.3) is 0 Å². The zero-order chi connectivity index (χ0) is 25.2. The number of nitro groups is 1. The average molecular weight is 481 g/mol. The van der Waals surface area contributed by atoms with Gasteiger partial charge in [-0.05, 0) is 76.5 Å². The molecule has 34 heavy (non-hydrogen) atoms. The Balaban J connectivity index is 2.43. The zero-order valence-electron chi connectivity index (χ0n) is 20.1. The minimum atomic E-state index is -0.858. The van der Waals surface area contributed by atoms with Crippen molar-refractivity contribution in [3.63, 3.8) is 0 Å². The Morgan fingerprint density at radius 2 is 1.71 bits per heavy atom. The van der Waals surface area contributed by atoms with E-state index in [1.807, 2.05) is 6.92 Å². The molecule has 1 rings (SSSR count). The number of nitrogens with two attached hydrogens (primary N) is 1. The van der Waals surface area contributed by atoms with Crippen molar-refractivity contribution in [2.45, 2.75) is 57.9 Å². The molecular formula is C23H40N6O5. The van der Waals surface area contributed by atoms with Gasteiger partial charge in [-0.3, -0.25) is 19.7 Å². The molecule has 11 heteroatoms. The highest BCUT2D eigenvalue weighted by molar-refractivity contribution is 5.87. The van der Waals surface area contributed by atoms with E-state index in [9.17, 15) is 24.8 Å². The van der Waals surface area contributed by atoms with Gasteiger partial charge in [0.15, 0.2) is 5.75 Å². The predicted octanol–water partition coefficient (Wildman–Crippen LogP) is 0.942. The fourth-order valence-corrected chi connectivity index (χ4v) is 3.31. The highest BCUT2D eigenvalue weighted by Gasteiger charge is 2.22. The van der Waals surface area contributed by atoms with E-state index in [1.54, 1.807) is 0 Å². The lowest BCUT2D eigenvalue weighted by molar-refractivity contribution is -0.385. The number of aromatic hydroxyl groups is 1. The molecular weight excluding hydrogens is 440 g/mol. The van der Waals surface area contributed by atoms with Gasteiger partial charge < -0.3 is 32.1 Å². The molecule has 0 aliphatic rings. The third-order valence-electron chi connectivity index (χ3n) is 5.15. The number of rotatable bonds is 19. The SMILES string of the molecule is CCCC(=O)N[C@@H](Cc1ccc(O)c([N+](=O)[O-])c1)C(=O)NCCCNCCCCNCCCN. The lowest BCUT2D eigenvalue weighted by atomic mass is 10.0. The van der Waals surface area contributed by atoms with Crippen LogP contribution in [-0.2, 0) is 16.0 Å². The van der Waals surface area contributed by atoms with E-state index < -0.39 is 22.4 Å². The second-order valence-electron chi connectivity index (χ2n) is 8.15. The summed E-state index contributed by atoms with van der Waals surface area (Å²) in [5, 5.41) is 32.9. The molecule has 192 valence electrons. The third-order valence-corrected chi connectivity index (χ3v) is 5.15. The average Bonchev–Trinajstić information content (AvgIpc) is 2.80. The summed E-state index contributed by atoms with van der Waals surface area (Å²) in [5.41, 5.74) is 5.48. The van der Waals surface area contributed by atoms with Crippen LogP contribution in [0.4, 0.5) is 5.69 Å². The van der Waals surface area contributed by atoms with E-state index in [0.717, 1.165) is 51.9 Å². The molecule has 11 nitrogen and oxygen atoms in total. The van der Waals surface area contributed by atoms with Crippen LogP contribution < -0.4 is 27.0 Å². The molecule has 0 radical (unpaired) electrons. The number of hydrogen-bond acceptors (Lipinski definition) is 8. The second kappa shape index (κ2) is 17.7. The largest absolute Gasteiger partial charge is 0.502 e. The number of hydrogen-bond donors (Lipinski definition) is 6. The van der Waals surface area contributed by atoms with Crippen molar-refractivity contribution in [3.8, 4) is 5.75 Å². The van der Waals surface area contributed by atoms with Crippen LogP contribution in [0.1, 0.15) is 51.0 Å². The number of amides is 2. The number of unbranched alkanes of at least 4 members (excludes halogenated alkanes) is 1. The topological polar surface area (TPSA) is 172 Å². The summed E-state index contributed by atoms with van der Waals surface area (Å²) in [4.78, 5) is 35.2. The third kappa shape index (κ3) is 12.5. The van der Waals surface area contributed by atoms with Gasteiger partial charge in [0.05, 0.1) is 4.92 Å². The van der Waals surface area contributed by atoms with Gasteiger partial charge in [-0.2, -0.15) is 0 Å². The fraction of sp³-hybridized carbons (Fsp3) is 0.652.